The van der Waals surface area contributed by atoms with Gasteiger partial charge in [0.05, 0.1) is 5.69 Å². The van der Waals surface area contributed by atoms with Gasteiger partial charge in [0, 0.05) is 55.1 Å². The Labute approximate surface area is 172 Å². The molecule has 0 bridgehead atoms. The fourth-order valence-electron chi connectivity index (χ4n) is 3.16. The number of halogens is 1. The van der Waals surface area contributed by atoms with Crippen LogP contribution < -0.4 is 4.90 Å². The van der Waals surface area contributed by atoms with Gasteiger partial charge in [0.2, 0.25) is 0 Å². The molecule has 28 heavy (non-hydrogen) atoms. The summed E-state index contributed by atoms with van der Waals surface area (Å²) in [5.41, 5.74) is 2.73. The highest BCUT2D eigenvalue weighted by Gasteiger charge is 2.23. The van der Waals surface area contributed by atoms with Crippen LogP contribution in [0, 0.1) is 0 Å². The lowest BCUT2D eigenvalue weighted by Crippen LogP contribution is -2.49. The smallest absolute Gasteiger partial charge is 0.254 e. The normalized spacial score (nSPS) is 14.4. The van der Waals surface area contributed by atoms with E-state index in [4.69, 9.17) is 11.6 Å². The van der Waals surface area contributed by atoms with E-state index in [2.05, 4.69) is 38.2 Å². The molecule has 3 aromatic rings. The van der Waals surface area contributed by atoms with Gasteiger partial charge >= 0.3 is 0 Å². The third-order valence-corrected chi connectivity index (χ3v) is 5.92. The van der Waals surface area contributed by atoms with Crippen molar-refractivity contribution in [3.63, 3.8) is 0 Å². The number of amides is 1. The van der Waals surface area contributed by atoms with Gasteiger partial charge in [-0.05, 0) is 30.7 Å². The van der Waals surface area contributed by atoms with Gasteiger partial charge in [0.1, 0.15) is 16.0 Å². The molecule has 3 aromatic heterocycles. The number of thiazole rings is 1. The molecular weight excluding hydrogens is 394 g/mol. The van der Waals surface area contributed by atoms with Gasteiger partial charge in [-0.3, -0.25) is 4.79 Å². The first-order valence-corrected chi connectivity index (χ1v) is 10.5. The number of hydrogen-bond acceptors (Lipinski definition) is 6. The standard InChI is InChI=1S/C20H20ClN5OS/c1-2-16-13-28-19(24-16)15-3-4-18(23-12-15)25-7-9-26(10-8-25)20(27)14-5-6-22-17(21)11-14/h3-6,11-13H,2,7-10H2,1H3. The van der Waals surface area contributed by atoms with E-state index in [1.54, 1.807) is 29.7 Å². The number of pyridine rings is 2. The van der Waals surface area contributed by atoms with Crippen molar-refractivity contribution in [3.05, 3.63) is 58.4 Å². The van der Waals surface area contributed by atoms with Crippen molar-refractivity contribution in [2.24, 2.45) is 0 Å². The summed E-state index contributed by atoms with van der Waals surface area (Å²) < 4.78 is 0. The molecule has 0 spiro atoms. The number of anilines is 1. The van der Waals surface area contributed by atoms with Crippen molar-refractivity contribution in [1.82, 2.24) is 19.9 Å². The van der Waals surface area contributed by atoms with Crippen molar-refractivity contribution in [2.45, 2.75) is 13.3 Å². The first kappa shape index (κ1) is 18.8. The molecule has 1 amide bonds. The van der Waals surface area contributed by atoms with Crippen LogP contribution in [0.5, 0.6) is 0 Å². The van der Waals surface area contributed by atoms with E-state index in [1.165, 1.54) is 0 Å². The van der Waals surface area contributed by atoms with Crippen molar-refractivity contribution < 1.29 is 4.79 Å². The third kappa shape index (κ3) is 4.00. The van der Waals surface area contributed by atoms with Crippen LogP contribution in [0.1, 0.15) is 23.0 Å². The molecule has 4 heterocycles. The molecule has 0 aromatic carbocycles. The summed E-state index contributed by atoms with van der Waals surface area (Å²) in [4.78, 5) is 29.8. The predicted molar refractivity (Wildman–Crippen MR) is 112 cm³/mol. The van der Waals surface area contributed by atoms with Crippen LogP contribution in [0.15, 0.2) is 42.0 Å². The lowest BCUT2D eigenvalue weighted by Gasteiger charge is -2.35. The first-order chi connectivity index (χ1) is 13.6. The molecule has 1 fully saturated rings. The number of nitrogens with zero attached hydrogens (tertiary/aromatic N) is 5. The lowest BCUT2D eigenvalue weighted by atomic mass is 10.2. The zero-order chi connectivity index (χ0) is 19.5. The molecule has 8 heteroatoms. The summed E-state index contributed by atoms with van der Waals surface area (Å²) in [7, 11) is 0. The van der Waals surface area contributed by atoms with Crippen molar-refractivity contribution in [2.75, 3.05) is 31.1 Å². The lowest BCUT2D eigenvalue weighted by molar-refractivity contribution is 0.0746. The number of hydrogen-bond donors (Lipinski definition) is 0. The Morgan fingerprint density at radius 3 is 2.64 bits per heavy atom. The second-order valence-electron chi connectivity index (χ2n) is 6.55. The fourth-order valence-corrected chi connectivity index (χ4v) is 4.23. The highest BCUT2D eigenvalue weighted by molar-refractivity contribution is 7.13. The predicted octanol–water partition coefficient (Wildman–Crippen LogP) is 3.78. The molecule has 1 aliphatic rings. The molecule has 0 saturated carbocycles. The van der Waals surface area contributed by atoms with Crippen molar-refractivity contribution >= 4 is 34.7 Å². The summed E-state index contributed by atoms with van der Waals surface area (Å²) in [6.07, 6.45) is 4.38. The second kappa shape index (κ2) is 8.24. The van der Waals surface area contributed by atoms with Gasteiger partial charge < -0.3 is 9.80 Å². The molecule has 0 aliphatic carbocycles. The van der Waals surface area contributed by atoms with E-state index in [0.29, 0.717) is 23.8 Å². The number of carbonyl (C=O) groups is 1. The monoisotopic (exact) mass is 413 g/mol. The SMILES string of the molecule is CCc1csc(-c2ccc(N3CCN(C(=O)c4ccnc(Cl)c4)CC3)nc2)n1. The van der Waals surface area contributed by atoms with Crippen LogP contribution in [0.3, 0.4) is 0 Å². The molecule has 1 aliphatic heterocycles. The molecule has 1 saturated heterocycles. The van der Waals surface area contributed by atoms with Crippen LogP contribution in [-0.2, 0) is 6.42 Å². The Hall–Kier alpha value is -2.51. The van der Waals surface area contributed by atoms with Crippen LogP contribution in [0.4, 0.5) is 5.82 Å². The molecule has 0 unspecified atom stereocenters. The summed E-state index contributed by atoms with van der Waals surface area (Å²) in [6, 6.07) is 7.40. The van der Waals surface area contributed by atoms with E-state index < -0.39 is 0 Å². The zero-order valence-electron chi connectivity index (χ0n) is 15.5. The van der Waals surface area contributed by atoms with Crippen molar-refractivity contribution in [1.29, 1.82) is 0 Å². The Kier molecular flexibility index (Phi) is 5.54. The van der Waals surface area contributed by atoms with Gasteiger partial charge in [-0.25, -0.2) is 15.0 Å². The maximum absolute atomic E-state index is 12.6. The Balaban J connectivity index is 1.39. The fraction of sp³-hybridized carbons (Fsp3) is 0.300. The van der Waals surface area contributed by atoms with Crippen LogP contribution in [-0.4, -0.2) is 51.9 Å². The largest absolute Gasteiger partial charge is 0.353 e. The molecule has 144 valence electrons. The topological polar surface area (TPSA) is 62.2 Å². The van der Waals surface area contributed by atoms with Crippen LogP contribution in [0.25, 0.3) is 10.6 Å². The second-order valence-corrected chi connectivity index (χ2v) is 7.79. The Bertz CT molecular complexity index is 967. The van der Waals surface area contributed by atoms with Crippen molar-refractivity contribution in [3.8, 4) is 10.6 Å². The molecular formula is C20H20ClN5OS. The maximum atomic E-state index is 12.6. The van der Waals surface area contributed by atoms with E-state index in [-0.39, 0.29) is 5.91 Å². The Morgan fingerprint density at radius 1 is 1.18 bits per heavy atom. The minimum Gasteiger partial charge on any atom is -0.353 e. The molecule has 0 atom stereocenters. The van der Waals surface area contributed by atoms with Gasteiger partial charge in [0.25, 0.3) is 5.91 Å². The van der Waals surface area contributed by atoms with E-state index in [9.17, 15) is 4.79 Å². The maximum Gasteiger partial charge on any atom is 0.254 e. The molecule has 0 radical (unpaired) electrons. The van der Waals surface area contributed by atoms with Crippen LogP contribution >= 0.6 is 22.9 Å². The minimum atomic E-state index is -0.0113. The zero-order valence-corrected chi connectivity index (χ0v) is 17.1. The number of rotatable bonds is 4. The Morgan fingerprint density at radius 2 is 2.00 bits per heavy atom. The number of piperazine rings is 1. The summed E-state index contributed by atoms with van der Waals surface area (Å²) in [5, 5.41) is 3.43. The average Bonchev–Trinajstić information content (AvgIpc) is 3.23. The quantitative estimate of drug-likeness (QED) is 0.609. The highest BCUT2D eigenvalue weighted by Crippen LogP contribution is 2.25. The summed E-state index contributed by atoms with van der Waals surface area (Å²) in [5.74, 6) is 0.915. The van der Waals surface area contributed by atoms with Gasteiger partial charge in [0.15, 0.2) is 0 Å². The highest BCUT2D eigenvalue weighted by atomic mass is 35.5. The van der Waals surface area contributed by atoms with Crippen LogP contribution in [0.2, 0.25) is 5.15 Å². The summed E-state index contributed by atoms with van der Waals surface area (Å²) in [6.45, 7) is 4.89. The van der Waals surface area contributed by atoms with E-state index in [0.717, 1.165) is 41.6 Å². The van der Waals surface area contributed by atoms with E-state index >= 15 is 0 Å². The van der Waals surface area contributed by atoms with Gasteiger partial charge in [-0.2, -0.15) is 0 Å². The molecule has 0 N–H and O–H groups in total. The van der Waals surface area contributed by atoms with Gasteiger partial charge in [-0.1, -0.05) is 18.5 Å². The molecule has 4 rings (SSSR count). The number of carbonyl (C=O) groups excluding carboxylic acids is 1. The summed E-state index contributed by atoms with van der Waals surface area (Å²) >= 11 is 7.54. The van der Waals surface area contributed by atoms with E-state index in [1.807, 2.05) is 17.2 Å². The minimum absolute atomic E-state index is 0.0113. The average molecular weight is 414 g/mol. The molecule has 6 nitrogen and oxygen atoms in total. The number of aromatic nitrogens is 3. The first-order valence-electron chi connectivity index (χ1n) is 9.20. The number of aryl methyl sites for hydroxylation is 1. The third-order valence-electron chi connectivity index (χ3n) is 4.77. The van der Waals surface area contributed by atoms with Gasteiger partial charge in [-0.15, -0.1) is 11.3 Å².